The molecule has 3 aromatic heterocycles. The van der Waals surface area contributed by atoms with E-state index in [-0.39, 0.29) is 17.9 Å². The maximum absolute atomic E-state index is 12.6. The Kier molecular flexibility index (Phi) is 6.86. The number of carbonyl (C=O) groups is 2. The highest BCUT2D eigenvalue weighted by molar-refractivity contribution is 7.11. The van der Waals surface area contributed by atoms with Crippen molar-refractivity contribution in [1.29, 1.82) is 0 Å². The molecule has 0 unspecified atom stereocenters. The summed E-state index contributed by atoms with van der Waals surface area (Å²) in [6.07, 6.45) is 10.4. The molecule has 8 nitrogen and oxygen atoms in total. The van der Waals surface area contributed by atoms with E-state index in [9.17, 15) is 9.59 Å². The number of thiazole rings is 1. The van der Waals surface area contributed by atoms with E-state index in [4.69, 9.17) is 5.73 Å². The highest BCUT2D eigenvalue weighted by Crippen LogP contribution is 2.26. The third kappa shape index (κ3) is 5.36. The highest BCUT2D eigenvalue weighted by atomic mass is 32.1. The SMILES string of the molecule is NC(=O)CCCCC[C@H](NC(=O)c1cncs1)c1ncc(-c2ccc3cnccc3c2)[nH]1. The number of hydrogen-bond donors (Lipinski definition) is 3. The molecular formula is C23H24N6O2S. The molecule has 9 heteroatoms. The molecule has 164 valence electrons. The number of nitrogens with two attached hydrogens (primary N) is 1. The predicted molar refractivity (Wildman–Crippen MR) is 124 cm³/mol. The molecule has 4 rings (SSSR count). The summed E-state index contributed by atoms with van der Waals surface area (Å²) < 4.78 is 0. The molecule has 4 N–H and O–H groups in total. The molecule has 1 aromatic carbocycles. The normalized spacial score (nSPS) is 12.0. The zero-order valence-corrected chi connectivity index (χ0v) is 18.3. The van der Waals surface area contributed by atoms with Crippen LogP contribution in [0, 0.1) is 0 Å². The van der Waals surface area contributed by atoms with Gasteiger partial charge in [0.1, 0.15) is 10.7 Å². The molecule has 0 radical (unpaired) electrons. The van der Waals surface area contributed by atoms with Gasteiger partial charge >= 0.3 is 0 Å². The van der Waals surface area contributed by atoms with Crippen LogP contribution < -0.4 is 11.1 Å². The minimum absolute atomic E-state index is 0.175. The summed E-state index contributed by atoms with van der Waals surface area (Å²) in [6.45, 7) is 0. The lowest BCUT2D eigenvalue weighted by Crippen LogP contribution is -2.28. The molecule has 0 aliphatic rings. The molecule has 3 heterocycles. The molecule has 2 amide bonds. The highest BCUT2D eigenvalue weighted by Gasteiger charge is 2.20. The van der Waals surface area contributed by atoms with E-state index in [0.29, 0.717) is 23.5 Å². The Bertz CT molecular complexity index is 1200. The second-order valence-corrected chi connectivity index (χ2v) is 8.46. The Hall–Kier alpha value is -3.59. The summed E-state index contributed by atoms with van der Waals surface area (Å²) in [7, 11) is 0. The van der Waals surface area contributed by atoms with Crippen LogP contribution in [0.1, 0.15) is 53.6 Å². The Labute approximate surface area is 189 Å². The van der Waals surface area contributed by atoms with Crippen molar-refractivity contribution in [2.24, 2.45) is 5.73 Å². The molecule has 0 bridgehead atoms. The summed E-state index contributed by atoms with van der Waals surface area (Å²) in [4.78, 5) is 40.2. The summed E-state index contributed by atoms with van der Waals surface area (Å²) in [6, 6.07) is 7.83. The average Bonchev–Trinajstić information content (AvgIpc) is 3.50. The number of amides is 2. The van der Waals surface area contributed by atoms with Crippen LogP contribution >= 0.6 is 11.3 Å². The Morgan fingerprint density at radius 3 is 2.78 bits per heavy atom. The first-order chi connectivity index (χ1) is 15.6. The van der Waals surface area contributed by atoms with Gasteiger partial charge in [-0.15, -0.1) is 11.3 Å². The van der Waals surface area contributed by atoms with E-state index in [2.05, 4.69) is 31.3 Å². The van der Waals surface area contributed by atoms with Crippen molar-refractivity contribution in [2.45, 2.75) is 38.1 Å². The molecule has 0 saturated carbocycles. The van der Waals surface area contributed by atoms with Gasteiger partial charge < -0.3 is 16.0 Å². The lowest BCUT2D eigenvalue weighted by atomic mass is 10.1. The third-order valence-corrected chi connectivity index (χ3v) is 6.03. The van der Waals surface area contributed by atoms with Gasteiger partial charge in [0.05, 0.1) is 29.6 Å². The lowest BCUT2D eigenvalue weighted by Gasteiger charge is -2.16. The van der Waals surface area contributed by atoms with Crippen molar-refractivity contribution in [1.82, 2.24) is 25.3 Å². The van der Waals surface area contributed by atoms with Crippen molar-refractivity contribution in [2.75, 3.05) is 0 Å². The van der Waals surface area contributed by atoms with Gasteiger partial charge in [0.15, 0.2) is 0 Å². The minimum Gasteiger partial charge on any atom is -0.370 e. The average molecular weight is 449 g/mol. The van der Waals surface area contributed by atoms with Crippen LogP contribution in [-0.4, -0.2) is 31.8 Å². The molecule has 0 aliphatic carbocycles. The maximum atomic E-state index is 12.6. The number of aromatic amines is 1. The number of hydrogen-bond acceptors (Lipinski definition) is 6. The van der Waals surface area contributed by atoms with Crippen molar-refractivity contribution in [3.05, 3.63) is 65.3 Å². The van der Waals surface area contributed by atoms with Crippen molar-refractivity contribution in [3.63, 3.8) is 0 Å². The summed E-state index contributed by atoms with van der Waals surface area (Å²) >= 11 is 1.30. The number of carbonyl (C=O) groups excluding carboxylic acids is 2. The van der Waals surface area contributed by atoms with Crippen molar-refractivity contribution >= 4 is 33.9 Å². The van der Waals surface area contributed by atoms with Gasteiger partial charge in [-0.3, -0.25) is 19.6 Å². The number of aromatic nitrogens is 4. The van der Waals surface area contributed by atoms with Crippen LogP contribution in [0.5, 0.6) is 0 Å². The van der Waals surface area contributed by atoms with E-state index < -0.39 is 0 Å². The van der Waals surface area contributed by atoms with Gasteiger partial charge in [0.25, 0.3) is 5.91 Å². The second kappa shape index (κ2) is 10.1. The number of nitrogens with one attached hydrogen (secondary N) is 2. The van der Waals surface area contributed by atoms with Gasteiger partial charge in [0.2, 0.25) is 5.91 Å². The first kappa shape index (κ1) is 21.6. The third-order valence-electron chi connectivity index (χ3n) is 5.25. The zero-order chi connectivity index (χ0) is 22.3. The number of fused-ring (bicyclic) bond motifs is 1. The predicted octanol–water partition coefficient (Wildman–Crippen LogP) is 3.99. The van der Waals surface area contributed by atoms with Gasteiger partial charge in [-0.2, -0.15) is 0 Å². The van der Waals surface area contributed by atoms with Crippen LogP contribution in [-0.2, 0) is 4.79 Å². The number of pyridine rings is 1. The molecule has 1 atom stereocenters. The smallest absolute Gasteiger partial charge is 0.263 e. The van der Waals surface area contributed by atoms with E-state index in [1.54, 1.807) is 24.1 Å². The number of primary amides is 1. The fraction of sp³-hybridized carbons (Fsp3) is 0.261. The lowest BCUT2D eigenvalue weighted by molar-refractivity contribution is -0.118. The summed E-state index contributed by atoms with van der Waals surface area (Å²) in [5.41, 5.74) is 8.74. The monoisotopic (exact) mass is 448 g/mol. The van der Waals surface area contributed by atoms with Crippen LogP contribution in [0.3, 0.4) is 0 Å². The van der Waals surface area contributed by atoms with E-state index >= 15 is 0 Å². The van der Waals surface area contributed by atoms with E-state index in [0.717, 1.165) is 41.3 Å². The Balaban J connectivity index is 1.51. The van der Waals surface area contributed by atoms with Crippen LogP contribution in [0.2, 0.25) is 0 Å². The minimum atomic E-state index is -0.290. The van der Waals surface area contributed by atoms with Gasteiger partial charge in [0, 0.05) is 29.8 Å². The maximum Gasteiger partial charge on any atom is 0.263 e. The topological polar surface area (TPSA) is 127 Å². The van der Waals surface area contributed by atoms with Crippen LogP contribution in [0.25, 0.3) is 22.0 Å². The van der Waals surface area contributed by atoms with Crippen LogP contribution in [0.15, 0.2) is 54.6 Å². The molecular weight excluding hydrogens is 424 g/mol. The quantitative estimate of drug-likeness (QED) is 0.316. The number of rotatable bonds is 10. The Morgan fingerprint density at radius 2 is 1.97 bits per heavy atom. The van der Waals surface area contributed by atoms with Crippen molar-refractivity contribution in [3.8, 4) is 11.3 Å². The summed E-state index contributed by atoms with van der Waals surface area (Å²) in [5.74, 6) is 0.232. The van der Waals surface area contributed by atoms with E-state index in [1.807, 2.05) is 24.4 Å². The number of H-pyrrole nitrogens is 1. The fourth-order valence-electron chi connectivity index (χ4n) is 3.57. The van der Waals surface area contributed by atoms with Gasteiger partial charge in [-0.1, -0.05) is 25.0 Å². The number of benzene rings is 1. The number of imidazole rings is 1. The summed E-state index contributed by atoms with van der Waals surface area (Å²) in [5, 5.41) is 5.23. The first-order valence-corrected chi connectivity index (χ1v) is 11.3. The standard InChI is InChI=1S/C23H24N6O2S/c24-21(30)5-3-1-2-4-18(29-23(31)20-13-26-14-32-20)22-27-12-19(28-22)16-6-7-17-11-25-9-8-15(17)10-16/h6-14,18H,1-5H2,(H2,24,30)(H,27,28)(H,29,31)/t18-/m0/s1. The fourth-order valence-corrected chi connectivity index (χ4v) is 4.09. The van der Waals surface area contributed by atoms with Crippen LogP contribution in [0.4, 0.5) is 0 Å². The van der Waals surface area contributed by atoms with Gasteiger partial charge in [-0.05, 0) is 30.4 Å². The molecule has 0 spiro atoms. The largest absolute Gasteiger partial charge is 0.370 e. The Morgan fingerprint density at radius 1 is 1.06 bits per heavy atom. The number of nitrogens with zero attached hydrogens (tertiary/aromatic N) is 3. The molecule has 0 fully saturated rings. The number of unbranched alkanes of at least 4 members (excludes halogenated alkanes) is 2. The molecule has 0 saturated heterocycles. The van der Waals surface area contributed by atoms with Crippen molar-refractivity contribution < 1.29 is 9.59 Å². The molecule has 0 aliphatic heterocycles. The molecule has 32 heavy (non-hydrogen) atoms. The first-order valence-electron chi connectivity index (χ1n) is 10.5. The zero-order valence-electron chi connectivity index (χ0n) is 17.5. The second-order valence-electron chi connectivity index (χ2n) is 7.58. The van der Waals surface area contributed by atoms with Gasteiger partial charge in [-0.25, -0.2) is 4.98 Å². The van der Waals surface area contributed by atoms with E-state index in [1.165, 1.54) is 11.3 Å². The molecule has 4 aromatic rings.